The van der Waals surface area contributed by atoms with Crippen LogP contribution in [0, 0.1) is 0 Å². The number of piperazine rings is 1. The van der Waals surface area contributed by atoms with E-state index in [1.807, 2.05) is 0 Å². The summed E-state index contributed by atoms with van der Waals surface area (Å²) in [7, 11) is 1.51. The highest BCUT2D eigenvalue weighted by molar-refractivity contribution is 5.75. The predicted octanol–water partition coefficient (Wildman–Crippen LogP) is 1.50. The molecule has 2 aliphatic rings. The minimum Gasteiger partial charge on any atom is -0.468 e. The van der Waals surface area contributed by atoms with Gasteiger partial charge in [-0.05, 0) is 25.8 Å². The Hall–Kier alpha value is -0.610. The van der Waals surface area contributed by atoms with Crippen molar-refractivity contribution < 1.29 is 9.53 Å². The van der Waals surface area contributed by atoms with Crippen LogP contribution >= 0.6 is 0 Å². The van der Waals surface area contributed by atoms with Crippen molar-refractivity contribution in [3.05, 3.63) is 0 Å². The lowest BCUT2D eigenvalue weighted by Crippen LogP contribution is -2.55. The first-order valence-electron chi connectivity index (χ1n) is 7.32. The zero-order valence-corrected chi connectivity index (χ0v) is 11.7. The fourth-order valence-corrected chi connectivity index (χ4v) is 3.28. The van der Waals surface area contributed by atoms with Gasteiger partial charge in [0, 0.05) is 25.7 Å². The molecular formula is C14H26N2O2. The number of ether oxygens (including phenoxy) is 1. The highest BCUT2D eigenvalue weighted by Gasteiger charge is 2.35. The van der Waals surface area contributed by atoms with E-state index in [0.717, 1.165) is 38.9 Å². The summed E-state index contributed by atoms with van der Waals surface area (Å²) in [6.45, 7) is 6.59. The molecule has 0 bridgehead atoms. The summed E-state index contributed by atoms with van der Waals surface area (Å²) in [5, 5.41) is 0. The molecular weight excluding hydrogens is 228 g/mol. The third-order valence-electron chi connectivity index (χ3n) is 4.36. The van der Waals surface area contributed by atoms with Gasteiger partial charge >= 0.3 is 5.97 Å². The fraction of sp³-hybridized carbons (Fsp3) is 0.929. The molecule has 2 rings (SSSR count). The molecule has 2 fully saturated rings. The monoisotopic (exact) mass is 254 g/mol. The van der Waals surface area contributed by atoms with E-state index in [2.05, 4.69) is 16.7 Å². The van der Waals surface area contributed by atoms with Crippen LogP contribution in [0.2, 0.25) is 0 Å². The second-order valence-corrected chi connectivity index (χ2v) is 5.51. The maximum Gasteiger partial charge on any atom is 0.323 e. The lowest BCUT2D eigenvalue weighted by molar-refractivity contribution is -0.148. The molecule has 2 heterocycles. The van der Waals surface area contributed by atoms with Gasteiger partial charge < -0.3 is 4.74 Å². The molecule has 0 aromatic heterocycles. The van der Waals surface area contributed by atoms with Crippen LogP contribution in [0.1, 0.15) is 39.0 Å². The molecule has 2 atom stereocenters. The zero-order chi connectivity index (χ0) is 13.0. The molecule has 0 aromatic carbocycles. The van der Waals surface area contributed by atoms with Gasteiger partial charge in [-0.15, -0.1) is 0 Å². The van der Waals surface area contributed by atoms with Crippen molar-refractivity contribution in [3.63, 3.8) is 0 Å². The van der Waals surface area contributed by atoms with E-state index in [1.165, 1.54) is 26.5 Å². The Kier molecular flexibility index (Phi) is 5.01. The lowest BCUT2D eigenvalue weighted by Gasteiger charge is -2.40. The Balaban J connectivity index is 1.94. The molecule has 2 aliphatic heterocycles. The highest BCUT2D eigenvalue weighted by Crippen LogP contribution is 2.24. The smallest absolute Gasteiger partial charge is 0.323 e. The maximum absolute atomic E-state index is 11.9. The van der Waals surface area contributed by atoms with Crippen LogP contribution in [-0.4, -0.2) is 61.1 Å². The number of fused-ring (bicyclic) bond motifs is 1. The molecule has 0 saturated carbocycles. The average molecular weight is 254 g/mol. The van der Waals surface area contributed by atoms with Gasteiger partial charge in [0.25, 0.3) is 0 Å². The molecule has 18 heavy (non-hydrogen) atoms. The van der Waals surface area contributed by atoms with E-state index >= 15 is 0 Å². The van der Waals surface area contributed by atoms with Crippen LogP contribution in [0.5, 0.6) is 0 Å². The SMILES string of the molecule is CCCCC(C(=O)OC)N1CCN2CCCC2C1. The van der Waals surface area contributed by atoms with E-state index in [0.29, 0.717) is 6.04 Å². The highest BCUT2D eigenvalue weighted by atomic mass is 16.5. The van der Waals surface area contributed by atoms with Gasteiger partial charge in [0.2, 0.25) is 0 Å². The number of rotatable bonds is 5. The minimum atomic E-state index is -0.0464. The van der Waals surface area contributed by atoms with E-state index in [-0.39, 0.29) is 12.0 Å². The largest absolute Gasteiger partial charge is 0.468 e. The number of hydrogen-bond donors (Lipinski definition) is 0. The van der Waals surface area contributed by atoms with Crippen LogP contribution in [-0.2, 0) is 9.53 Å². The van der Waals surface area contributed by atoms with Crippen molar-refractivity contribution in [1.82, 2.24) is 9.80 Å². The van der Waals surface area contributed by atoms with Crippen LogP contribution in [0.15, 0.2) is 0 Å². The Morgan fingerprint density at radius 2 is 2.22 bits per heavy atom. The normalized spacial score (nSPS) is 26.9. The molecule has 4 heteroatoms. The molecule has 0 radical (unpaired) electrons. The third kappa shape index (κ3) is 3.04. The van der Waals surface area contributed by atoms with Gasteiger partial charge in [-0.3, -0.25) is 14.6 Å². The summed E-state index contributed by atoms with van der Waals surface area (Å²) in [6, 6.07) is 0.658. The molecule has 0 N–H and O–H groups in total. The van der Waals surface area contributed by atoms with Crippen molar-refractivity contribution >= 4 is 5.97 Å². The molecule has 0 aromatic rings. The molecule has 2 unspecified atom stereocenters. The minimum absolute atomic E-state index is 0.0160. The number of hydrogen-bond acceptors (Lipinski definition) is 4. The molecule has 0 aliphatic carbocycles. The van der Waals surface area contributed by atoms with Crippen LogP contribution in [0.4, 0.5) is 0 Å². The van der Waals surface area contributed by atoms with Crippen molar-refractivity contribution in [3.8, 4) is 0 Å². The standard InChI is InChI=1S/C14H26N2O2/c1-3-4-7-13(14(17)18-2)16-10-9-15-8-5-6-12(15)11-16/h12-13H,3-11H2,1-2H3. The van der Waals surface area contributed by atoms with Gasteiger partial charge in [-0.25, -0.2) is 0 Å². The van der Waals surface area contributed by atoms with Gasteiger partial charge in [-0.2, -0.15) is 0 Å². The Bertz CT molecular complexity index is 283. The van der Waals surface area contributed by atoms with Crippen molar-refractivity contribution in [2.45, 2.75) is 51.1 Å². The van der Waals surface area contributed by atoms with E-state index in [4.69, 9.17) is 4.74 Å². The Morgan fingerprint density at radius 3 is 2.94 bits per heavy atom. The van der Waals surface area contributed by atoms with Gasteiger partial charge in [-0.1, -0.05) is 19.8 Å². The van der Waals surface area contributed by atoms with Crippen LogP contribution in [0.25, 0.3) is 0 Å². The molecule has 2 saturated heterocycles. The zero-order valence-electron chi connectivity index (χ0n) is 11.7. The summed E-state index contributed by atoms with van der Waals surface area (Å²) in [5.74, 6) is -0.0464. The summed E-state index contributed by atoms with van der Waals surface area (Å²) in [4.78, 5) is 16.9. The van der Waals surface area contributed by atoms with E-state index < -0.39 is 0 Å². The number of nitrogens with zero attached hydrogens (tertiary/aromatic N) is 2. The van der Waals surface area contributed by atoms with Crippen molar-refractivity contribution in [1.29, 1.82) is 0 Å². The van der Waals surface area contributed by atoms with Gasteiger partial charge in [0.05, 0.1) is 7.11 Å². The predicted molar refractivity (Wildman–Crippen MR) is 71.5 cm³/mol. The number of carbonyl (C=O) groups is 1. The quantitative estimate of drug-likeness (QED) is 0.696. The number of esters is 1. The summed E-state index contributed by atoms with van der Waals surface area (Å²) < 4.78 is 4.98. The second-order valence-electron chi connectivity index (χ2n) is 5.51. The van der Waals surface area contributed by atoms with E-state index in [9.17, 15) is 4.79 Å². The van der Waals surface area contributed by atoms with Crippen LogP contribution in [0.3, 0.4) is 0 Å². The van der Waals surface area contributed by atoms with E-state index in [1.54, 1.807) is 0 Å². The maximum atomic E-state index is 11.9. The first kappa shape index (κ1) is 13.8. The van der Waals surface area contributed by atoms with Gasteiger partial charge in [0.1, 0.15) is 6.04 Å². The lowest BCUT2D eigenvalue weighted by atomic mass is 10.0. The molecule has 104 valence electrons. The molecule has 0 spiro atoms. The molecule has 0 amide bonds. The third-order valence-corrected chi connectivity index (χ3v) is 4.36. The topological polar surface area (TPSA) is 32.8 Å². The second kappa shape index (κ2) is 6.53. The summed E-state index contributed by atoms with van der Waals surface area (Å²) in [5.41, 5.74) is 0. The number of methoxy groups -OCH3 is 1. The number of unbranched alkanes of at least 4 members (excludes halogenated alkanes) is 1. The Morgan fingerprint density at radius 1 is 1.39 bits per heavy atom. The number of carbonyl (C=O) groups excluding carboxylic acids is 1. The first-order chi connectivity index (χ1) is 8.76. The van der Waals surface area contributed by atoms with Gasteiger partial charge in [0.15, 0.2) is 0 Å². The first-order valence-corrected chi connectivity index (χ1v) is 7.32. The van der Waals surface area contributed by atoms with Crippen LogP contribution < -0.4 is 0 Å². The summed E-state index contributed by atoms with van der Waals surface area (Å²) in [6.07, 6.45) is 5.78. The Labute approximate surface area is 110 Å². The average Bonchev–Trinajstić information content (AvgIpc) is 2.86. The van der Waals surface area contributed by atoms with Crippen molar-refractivity contribution in [2.75, 3.05) is 33.3 Å². The fourth-order valence-electron chi connectivity index (χ4n) is 3.28. The van der Waals surface area contributed by atoms with Crippen molar-refractivity contribution in [2.24, 2.45) is 0 Å². The molecule has 4 nitrogen and oxygen atoms in total. The summed E-state index contributed by atoms with van der Waals surface area (Å²) >= 11 is 0.